The number of benzene rings is 1. The van der Waals surface area contributed by atoms with E-state index in [1.54, 1.807) is 18.3 Å². The van der Waals surface area contributed by atoms with Crippen molar-refractivity contribution in [2.75, 3.05) is 5.32 Å². The molecule has 9 nitrogen and oxygen atoms in total. The number of rotatable bonds is 6. The van der Waals surface area contributed by atoms with Gasteiger partial charge in [-0.25, -0.2) is 9.78 Å². The van der Waals surface area contributed by atoms with Gasteiger partial charge in [-0.3, -0.25) is 10.1 Å². The van der Waals surface area contributed by atoms with E-state index in [9.17, 15) is 4.79 Å². The highest BCUT2D eigenvalue weighted by Gasteiger charge is 2.16. The second-order valence-electron chi connectivity index (χ2n) is 7.16. The van der Waals surface area contributed by atoms with Gasteiger partial charge in [-0.1, -0.05) is 48.1 Å². The van der Waals surface area contributed by atoms with E-state index in [4.69, 9.17) is 19.7 Å². The molecule has 1 amide bonds. The van der Waals surface area contributed by atoms with Crippen molar-refractivity contribution in [3.05, 3.63) is 64.8 Å². The van der Waals surface area contributed by atoms with Crippen molar-refractivity contribution in [3.63, 3.8) is 0 Å². The first kappa shape index (κ1) is 23.1. The molecule has 1 saturated carbocycles. The number of anilines is 1. The molecule has 0 saturated heterocycles. The van der Waals surface area contributed by atoms with E-state index in [1.807, 2.05) is 30.3 Å². The number of amides is 1. The largest absolute Gasteiger partial charge is 0.503 e. The highest BCUT2D eigenvalue weighted by Crippen LogP contribution is 2.23. The number of carbonyl (C=O) groups excluding carboxylic acids is 1. The summed E-state index contributed by atoms with van der Waals surface area (Å²) in [6, 6.07) is 13.5. The molecule has 168 valence electrons. The van der Waals surface area contributed by atoms with Crippen LogP contribution >= 0.6 is 11.3 Å². The lowest BCUT2D eigenvalue weighted by molar-refractivity contribution is 0.102. The SMILES string of the molecule is O=C(Nc1nnc(Cc2ccccc2)s1)c1ccc(OC2CCCCC2)nc1.O=C(O)O. The molecule has 1 aromatic carbocycles. The number of aromatic nitrogens is 3. The van der Waals surface area contributed by atoms with E-state index in [0.29, 0.717) is 23.0 Å². The van der Waals surface area contributed by atoms with Crippen molar-refractivity contribution in [2.24, 2.45) is 0 Å². The molecule has 0 atom stereocenters. The predicted molar refractivity (Wildman–Crippen MR) is 120 cm³/mol. The molecule has 0 radical (unpaired) electrons. The summed E-state index contributed by atoms with van der Waals surface area (Å²) in [6.07, 6.45) is 6.50. The molecule has 10 heteroatoms. The van der Waals surface area contributed by atoms with Gasteiger partial charge in [0, 0.05) is 18.7 Å². The van der Waals surface area contributed by atoms with Crippen LogP contribution in [0.3, 0.4) is 0 Å². The fraction of sp³-hybridized carbons (Fsp3) is 0.318. The average molecular weight is 457 g/mol. The van der Waals surface area contributed by atoms with Gasteiger partial charge in [0.15, 0.2) is 0 Å². The van der Waals surface area contributed by atoms with Crippen molar-refractivity contribution < 1.29 is 24.5 Å². The maximum Gasteiger partial charge on any atom is 0.503 e. The first-order chi connectivity index (χ1) is 15.5. The molecule has 3 aromatic rings. The molecule has 0 aliphatic heterocycles. The van der Waals surface area contributed by atoms with Crippen molar-refractivity contribution in [2.45, 2.75) is 44.6 Å². The molecular formula is C22H24N4O5S. The van der Waals surface area contributed by atoms with Crippen LogP contribution in [0, 0.1) is 0 Å². The summed E-state index contributed by atoms with van der Waals surface area (Å²) in [5.41, 5.74) is 1.63. The molecule has 2 heterocycles. The number of hydrogen-bond acceptors (Lipinski definition) is 7. The Bertz CT molecular complexity index is 1000. The number of ether oxygens (including phenoxy) is 1. The zero-order valence-corrected chi connectivity index (χ0v) is 18.1. The van der Waals surface area contributed by atoms with Crippen LogP contribution in [0.2, 0.25) is 0 Å². The normalized spacial score (nSPS) is 13.5. The smallest absolute Gasteiger partial charge is 0.474 e. The summed E-state index contributed by atoms with van der Waals surface area (Å²) in [4.78, 5) is 25.3. The van der Waals surface area contributed by atoms with E-state index in [1.165, 1.54) is 30.6 Å². The van der Waals surface area contributed by atoms with Crippen LogP contribution in [0.1, 0.15) is 53.0 Å². The number of hydrogen-bond donors (Lipinski definition) is 3. The van der Waals surface area contributed by atoms with Crippen LogP contribution in [0.5, 0.6) is 5.88 Å². The first-order valence-corrected chi connectivity index (χ1v) is 11.0. The average Bonchev–Trinajstić information content (AvgIpc) is 3.22. The Balaban J connectivity index is 0.000000668. The topological polar surface area (TPSA) is 135 Å². The number of carboxylic acid groups (broad SMARTS) is 2. The van der Waals surface area contributed by atoms with Crippen molar-refractivity contribution >= 4 is 28.5 Å². The van der Waals surface area contributed by atoms with E-state index >= 15 is 0 Å². The lowest BCUT2D eigenvalue weighted by Gasteiger charge is -2.22. The summed E-state index contributed by atoms with van der Waals surface area (Å²) in [5.74, 6) is 0.323. The molecule has 0 spiro atoms. The Hall–Kier alpha value is -3.53. The van der Waals surface area contributed by atoms with Crippen LogP contribution < -0.4 is 10.1 Å². The van der Waals surface area contributed by atoms with E-state index in [2.05, 4.69) is 20.5 Å². The van der Waals surface area contributed by atoms with Crippen molar-refractivity contribution in [1.82, 2.24) is 15.2 Å². The Kier molecular flexibility index (Phi) is 8.50. The fourth-order valence-electron chi connectivity index (χ4n) is 3.25. The summed E-state index contributed by atoms with van der Waals surface area (Å²) in [5, 5.41) is 26.3. The Morgan fingerprint density at radius 1 is 1.03 bits per heavy atom. The van der Waals surface area contributed by atoms with Gasteiger partial charge in [0.2, 0.25) is 11.0 Å². The highest BCUT2D eigenvalue weighted by atomic mass is 32.1. The summed E-state index contributed by atoms with van der Waals surface area (Å²) in [6.45, 7) is 0. The molecule has 3 N–H and O–H groups in total. The lowest BCUT2D eigenvalue weighted by Crippen LogP contribution is -2.20. The summed E-state index contributed by atoms with van der Waals surface area (Å²) in [7, 11) is 0. The molecule has 0 bridgehead atoms. The molecule has 1 aliphatic rings. The molecule has 1 fully saturated rings. The van der Waals surface area contributed by atoms with Crippen molar-refractivity contribution in [3.8, 4) is 5.88 Å². The monoisotopic (exact) mass is 456 g/mol. The molecule has 2 aromatic heterocycles. The van der Waals surface area contributed by atoms with E-state index < -0.39 is 6.16 Å². The van der Waals surface area contributed by atoms with Gasteiger partial charge < -0.3 is 14.9 Å². The zero-order valence-electron chi connectivity index (χ0n) is 17.3. The van der Waals surface area contributed by atoms with Crippen LogP contribution in [-0.4, -0.2) is 43.6 Å². The maximum atomic E-state index is 12.4. The van der Waals surface area contributed by atoms with Gasteiger partial charge in [0.25, 0.3) is 5.91 Å². The van der Waals surface area contributed by atoms with Gasteiger partial charge in [-0.05, 0) is 37.3 Å². The first-order valence-electron chi connectivity index (χ1n) is 10.2. The molecule has 4 rings (SSSR count). The predicted octanol–water partition coefficient (Wildman–Crippen LogP) is 4.71. The Morgan fingerprint density at radius 3 is 2.41 bits per heavy atom. The van der Waals surface area contributed by atoms with Crippen LogP contribution in [0.15, 0.2) is 48.7 Å². The number of carbonyl (C=O) groups is 2. The van der Waals surface area contributed by atoms with Gasteiger partial charge in [0.1, 0.15) is 11.1 Å². The summed E-state index contributed by atoms with van der Waals surface area (Å²) >= 11 is 1.38. The standard InChI is InChI=1S/C21H22N4O2S.CH2O3/c26-20(16-11-12-18(22-14-16)27-17-9-5-2-6-10-17)23-21-25-24-19(28-21)13-15-7-3-1-4-8-15;2-1(3)4/h1,3-4,7-8,11-12,14,17H,2,5-6,9-10,13H2,(H,23,25,26);(H2,2,3,4). The van der Waals surface area contributed by atoms with Gasteiger partial charge in [-0.15, -0.1) is 10.2 Å². The third kappa shape index (κ3) is 7.62. The van der Waals surface area contributed by atoms with Gasteiger partial charge in [-0.2, -0.15) is 0 Å². The maximum absolute atomic E-state index is 12.4. The Morgan fingerprint density at radius 2 is 1.75 bits per heavy atom. The third-order valence-electron chi connectivity index (χ3n) is 4.72. The second kappa shape index (κ2) is 11.8. The number of nitrogens with zero attached hydrogens (tertiary/aromatic N) is 3. The van der Waals surface area contributed by atoms with Crippen LogP contribution in [0.25, 0.3) is 0 Å². The zero-order chi connectivity index (χ0) is 22.8. The number of pyridine rings is 1. The van der Waals surface area contributed by atoms with Crippen LogP contribution in [-0.2, 0) is 6.42 Å². The van der Waals surface area contributed by atoms with Crippen molar-refractivity contribution in [1.29, 1.82) is 0 Å². The minimum absolute atomic E-state index is 0.241. The van der Waals surface area contributed by atoms with Gasteiger partial charge in [0.05, 0.1) is 5.56 Å². The molecular weight excluding hydrogens is 432 g/mol. The second-order valence-corrected chi connectivity index (χ2v) is 8.23. The molecule has 32 heavy (non-hydrogen) atoms. The number of nitrogens with one attached hydrogen (secondary N) is 1. The molecule has 0 unspecified atom stereocenters. The minimum Gasteiger partial charge on any atom is -0.474 e. The Labute approximate surface area is 189 Å². The van der Waals surface area contributed by atoms with Gasteiger partial charge >= 0.3 is 6.16 Å². The van der Waals surface area contributed by atoms with Crippen LogP contribution in [0.4, 0.5) is 9.93 Å². The third-order valence-corrected chi connectivity index (χ3v) is 5.56. The van der Waals surface area contributed by atoms with E-state index in [0.717, 1.165) is 23.4 Å². The quantitative estimate of drug-likeness (QED) is 0.485. The summed E-state index contributed by atoms with van der Waals surface area (Å²) < 4.78 is 5.91. The molecule has 1 aliphatic carbocycles. The minimum atomic E-state index is -1.83. The fourth-order valence-corrected chi connectivity index (χ4v) is 4.02. The highest BCUT2D eigenvalue weighted by molar-refractivity contribution is 7.15. The van der Waals surface area contributed by atoms with E-state index in [-0.39, 0.29) is 12.0 Å². The lowest BCUT2D eigenvalue weighted by atomic mass is 9.98.